The minimum Gasteiger partial charge on any atom is -0.495 e. The van der Waals surface area contributed by atoms with Crippen molar-refractivity contribution in [3.8, 4) is 5.75 Å². The first-order chi connectivity index (χ1) is 15.2. The van der Waals surface area contributed by atoms with E-state index in [1.807, 2.05) is 31.3 Å². The fourth-order valence-corrected chi connectivity index (χ4v) is 4.64. The molecular formula is C24H32ClIN4O2. The van der Waals surface area contributed by atoms with Gasteiger partial charge in [0, 0.05) is 50.3 Å². The van der Waals surface area contributed by atoms with Gasteiger partial charge < -0.3 is 25.0 Å². The molecule has 2 aliphatic heterocycles. The Hall–Kier alpha value is -1.71. The second-order valence-electron chi connectivity index (χ2n) is 8.10. The molecule has 174 valence electrons. The summed E-state index contributed by atoms with van der Waals surface area (Å²) in [6.07, 6.45) is 2.22. The average molecular weight is 571 g/mol. The molecule has 0 saturated carbocycles. The minimum atomic E-state index is 0. The molecule has 2 aliphatic rings. The molecule has 32 heavy (non-hydrogen) atoms. The Bertz CT molecular complexity index is 899. The van der Waals surface area contributed by atoms with Crippen molar-refractivity contribution in [2.75, 3.05) is 45.3 Å². The summed E-state index contributed by atoms with van der Waals surface area (Å²) in [5.74, 6) is 2.11. The number of hydrogen-bond acceptors (Lipinski definition) is 4. The lowest BCUT2D eigenvalue weighted by atomic mass is 9.95. The van der Waals surface area contributed by atoms with Crippen LogP contribution in [0.1, 0.15) is 24.5 Å². The molecule has 0 aliphatic carbocycles. The number of hydrogen-bond donors (Lipinski definition) is 2. The number of anilines is 1. The number of ether oxygens (including phenoxy) is 2. The molecule has 0 bridgehead atoms. The van der Waals surface area contributed by atoms with Crippen molar-refractivity contribution in [3.05, 3.63) is 59.1 Å². The highest BCUT2D eigenvalue weighted by Crippen LogP contribution is 2.34. The van der Waals surface area contributed by atoms with E-state index in [-0.39, 0.29) is 30.1 Å². The number of rotatable bonds is 6. The van der Waals surface area contributed by atoms with Crippen LogP contribution in [-0.4, -0.2) is 52.4 Å². The Morgan fingerprint density at radius 1 is 1.22 bits per heavy atom. The Labute approximate surface area is 212 Å². The van der Waals surface area contributed by atoms with E-state index in [2.05, 4.69) is 44.8 Å². The number of nitrogens with one attached hydrogen (secondary N) is 2. The Morgan fingerprint density at radius 2 is 2.03 bits per heavy atom. The molecule has 0 radical (unpaired) electrons. The zero-order valence-corrected chi connectivity index (χ0v) is 21.7. The van der Waals surface area contributed by atoms with Gasteiger partial charge in [-0.25, -0.2) is 0 Å². The third-order valence-corrected chi connectivity index (χ3v) is 6.34. The van der Waals surface area contributed by atoms with E-state index in [4.69, 9.17) is 21.1 Å². The van der Waals surface area contributed by atoms with Gasteiger partial charge in [-0.2, -0.15) is 0 Å². The normalized spacial score (nSPS) is 23.0. The lowest BCUT2D eigenvalue weighted by molar-refractivity contribution is 0.0915. The molecule has 2 fully saturated rings. The van der Waals surface area contributed by atoms with Gasteiger partial charge in [0.1, 0.15) is 5.75 Å². The third-order valence-electron chi connectivity index (χ3n) is 6.11. The molecule has 0 amide bonds. The molecule has 8 heteroatoms. The van der Waals surface area contributed by atoms with Gasteiger partial charge in [0.05, 0.1) is 18.9 Å². The summed E-state index contributed by atoms with van der Waals surface area (Å²) >= 11 is 6.22. The van der Waals surface area contributed by atoms with Crippen LogP contribution in [-0.2, 0) is 4.74 Å². The van der Waals surface area contributed by atoms with E-state index < -0.39 is 0 Å². The van der Waals surface area contributed by atoms with E-state index in [1.165, 1.54) is 5.56 Å². The van der Waals surface area contributed by atoms with Crippen molar-refractivity contribution < 1.29 is 9.47 Å². The molecule has 2 heterocycles. The quantitative estimate of drug-likeness (QED) is 0.305. The van der Waals surface area contributed by atoms with E-state index in [9.17, 15) is 0 Å². The molecule has 2 aromatic rings. The molecule has 2 N–H and O–H groups in total. The number of nitrogens with zero attached hydrogens (tertiary/aromatic N) is 2. The zero-order valence-electron chi connectivity index (χ0n) is 18.6. The summed E-state index contributed by atoms with van der Waals surface area (Å²) in [6, 6.07) is 16.5. The molecule has 6 nitrogen and oxygen atoms in total. The summed E-state index contributed by atoms with van der Waals surface area (Å²) in [5, 5.41) is 7.82. The van der Waals surface area contributed by atoms with E-state index in [1.54, 1.807) is 7.11 Å². The second kappa shape index (κ2) is 12.0. The molecule has 2 saturated heterocycles. The number of aliphatic imine (C=N–C) groups is 1. The van der Waals surface area contributed by atoms with Crippen molar-refractivity contribution in [2.45, 2.75) is 25.0 Å². The average Bonchev–Trinajstić information content (AvgIpc) is 3.46. The first-order valence-electron chi connectivity index (χ1n) is 10.9. The van der Waals surface area contributed by atoms with E-state index in [0.29, 0.717) is 12.0 Å². The fourth-order valence-electron chi connectivity index (χ4n) is 4.48. The van der Waals surface area contributed by atoms with Crippen LogP contribution in [0.2, 0.25) is 5.02 Å². The molecule has 0 spiro atoms. The van der Waals surface area contributed by atoms with Crippen LogP contribution in [0.3, 0.4) is 0 Å². The predicted molar refractivity (Wildman–Crippen MR) is 142 cm³/mol. The summed E-state index contributed by atoms with van der Waals surface area (Å²) in [4.78, 5) is 6.76. The van der Waals surface area contributed by atoms with Gasteiger partial charge in [-0.3, -0.25) is 4.99 Å². The molecule has 4 rings (SSSR count). The highest BCUT2D eigenvalue weighted by molar-refractivity contribution is 14.0. The Morgan fingerprint density at radius 3 is 2.78 bits per heavy atom. The Balaban J connectivity index is 0.00000289. The van der Waals surface area contributed by atoms with Gasteiger partial charge in [-0.1, -0.05) is 41.9 Å². The highest BCUT2D eigenvalue weighted by Gasteiger charge is 2.30. The fraction of sp³-hybridized carbons (Fsp3) is 0.458. The summed E-state index contributed by atoms with van der Waals surface area (Å²) in [5.41, 5.74) is 2.28. The smallest absolute Gasteiger partial charge is 0.191 e. The maximum atomic E-state index is 6.22. The maximum Gasteiger partial charge on any atom is 0.191 e. The lowest BCUT2D eigenvalue weighted by Gasteiger charge is -2.24. The highest BCUT2D eigenvalue weighted by atomic mass is 127. The SMILES string of the molecule is CN=C(NCC1CCOC1c1ccccc1)NC1CCN(c2cc(Cl)ccc2OC)C1.I. The largest absolute Gasteiger partial charge is 0.495 e. The number of halogens is 2. The lowest BCUT2D eigenvalue weighted by Crippen LogP contribution is -2.46. The topological polar surface area (TPSA) is 58.1 Å². The minimum absolute atomic E-state index is 0. The first kappa shape index (κ1) is 24.9. The van der Waals surface area contributed by atoms with Gasteiger partial charge >= 0.3 is 0 Å². The number of benzene rings is 2. The van der Waals surface area contributed by atoms with Crippen molar-refractivity contribution in [1.29, 1.82) is 0 Å². The molecule has 0 aromatic heterocycles. The van der Waals surface area contributed by atoms with Crippen LogP contribution < -0.4 is 20.3 Å². The van der Waals surface area contributed by atoms with Crippen molar-refractivity contribution >= 4 is 47.2 Å². The maximum absolute atomic E-state index is 6.22. The van der Waals surface area contributed by atoms with E-state index >= 15 is 0 Å². The second-order valence-corrected chi connectivity index (χ2v) is 8.53. The summed E-state index contributed by atoms with van der Waals surface area (Å²) < 4.78 is 11.5. The standard InChI is InChI=1S/C24H31ClN4O2.HI/c1-26-24(27-15-18-11-13-31-23(18)17-6-4-3-5-7-17)28-20-10-12-29(16-20)21-14-19(25)8-9-22(21)30-2;/h3-9,14,18,20,23H,10-13,15-16H2,1-2H3,(H2,26,27,28);1H. The third kappa shape index (κ3) is 5.99. The van der Waals surface area contributed by atoms with Crippen molar-refractivity contribution in [2.24, 2.45) is 10.9 Å². The van der Waals surface area contributed by atoms with Crippen LogP contribution in [0, 0.1) is 5.92 Å². The van der Waals surface area contributed by atoms with Gasteiger partial charge in [0.15, 0.2) is 5.96 Å². The predicted octanol–water partition coefficient (Wildman–Crippen LogP) is 4.49. The summed E-state index contributed by atoms with van der Waals surface area (Å²) in [6.45, 7) is 3.45. The van der Waals surface area contributed by atoms with Crippen LogP contribution in [0.15, 0.2) is 53.5 Å². The van der Waals surface area contributed by atoms with Crippen LogP contribution >= 0.6 is 35.6 Å². The van der Waals surface area contributed by atoms with Gasteiger partial charge in [-0.15, -0.1) is 24.0 Å². The molecule has 3 unspecified atom stereocenters. The van der Waals surface area contributed by atoms with Crippen LogP contribution in [0.25, 0.3) is 0 Å². The molecule has 3 atom stereocenters. The summed E-state index contributed by atoms with van der Waals surface area (Å²) in [7, 11) is 3.52. The first-order valence-corrected chi connectivity index (χ1v) is 11.3. The zero-order chi connectivity index (χ0) is 21.6. The van der Waals surface area contributed by atoms with Crippen LogP contribution in [0.4, 0.5) is 5.69 Å². The van der Waals surface area contributed by atoms with Gasteiger partial charge in [0.25, 0.3) is 0 Å². The molecule has 2 aromatic carbocycles. The van der Waals surface area contributed by atoms with Gasteiger partial charge in [-0.05, 0) is 36.6 Å². The van der Waals surface area contributed by atoms with Gasteiger partial charge in [0.2, 0.25) is 0 Å². The Kier molecular flexibility index (Phi) is 9.31. The van der Waals surface area contributed by atoms with Crippen LogP contribution in [0.5, 0.6) is 5.75 Å². The van der Waals surface area contributed by atoms with Crippen molar-refractivity contribution in [1.82, 2.24) is 10.6 Å². The van der Waals surface area contributed by atoms with Crippen molar-refractivity contribution in [3.63, 3.8) is 0 Å². The number of methoxy groups -OCH3 is 1. The molecular weight excluding hydrogens is 539 g/mol. The van der Waals surface area contributed by atoms with E-state index in [0.717, 1.165) is 61.5 Å². The monoisotopic (exact) mass is 570 g/mol. The number of guanidine groups is 1.